The van der Waals surface area contributed by atoms with E-state index in [9.17, 15) is 9.18 Å². The molecule has 1 aliphatic heterocycles. The van der Waals surface area contributed by atoms with Crippen molar-refractivity contribution in [3.63, 3.8) is 0 Å². The predicted octanol–water partition coefficient (Wildman–Crippen LogP) is 7.55. The maximum absolute atomic E-state index is 15.6. The number of anilines is 2. The zero-order valence-corrected chi connectivity index (χ0v) is 21.2. The molecule has 3 nitrogen and oxygen atoms in total. The maximum atomic E-state index is 15.6. The Morgan fingerprint density at radius 1 is 0.897 bits per heavy atom. The van der Waals surface area contributed by atoms with Crippen LogP contribution >= 0.6 is 0 Å². The second-order valence-corrected chi connectivity index (χ2v) is 10.1. The van der Waals surface area contributed by atoms with Gasteiger partial charge in [0.25, 0.3) is 0 Å². The first kappa shape index (κ1) is 24.6. The SMILES string of the molecule is Nc1ccc(Cc2cccc(-c3cc(F)c4c(c3)C(c3ccc5c(c3)CCCC(=O)N5)C=C=C=C4)c2)c(F)c1. The molecule has 3 N–H and O–H groups in total. The zero-order chi connectivity index (χ0) is 26.9. The summed E-state index contributed by atoms with van der Waals surface area (Å²) in [6.45, 7) is 0. The second-order valence-electron chi connectivity index (χ2n) is 10.1. The molecule has 4 aromatic rings. The third-order valence-corrected chi connectivity index (χ3v) is 7.39. The molecule has 39 heavy (non-hydrogen) atoms. The molecule has 192 valence electrons. The van der Waals surface area contributed by atoms with Gasteiger partial charge in [0.15, 0.2) is 0 Å². The van der Waals surface area contributed by atoms with Gasteiger partial charge in [-0.3, -0.25) is 4.79 Å². The van der Waals surface area contributed by atoms with Gasteiger partial charge < -0.3 is 11.1 Å². The van der Waals surface area contributed by atoms with Crippen molar-refractivity contribution >= 4 is 23.4 Å². The van der Waals surface area contributed by atoms with Crippen LogP contribution in [0.5, 0.6) is 0 Å². The highest BCUT2D eigenvalue weighted by Gasteiger charge is 2.22. The van der Waals surface area contributed by atoms with Crippen LogP contribution in [0.15, 0.2) is 90.3 Å². The number of nitrogens with one attached hydrogen (secondary N) is 1. The van der Waals surface area contributed by atoms with Crippen LogP contribution in [0.25, 0.3) is 17.2 Å². The summed E-state index contributed by atoms with van der Waals surface area (Å²) in [5, 5.41) is 2.98. The number of hydrogen-bond acceptors (Lipinski definition) is 2. The minimum atomic E-state index is -0.342. The molecule has 0 aromatic heterocycles. The number of halogens is 2. The first-order valence-electron chi connectivity index (χ1n) is 13.0. The van der Waals surface area contributed by atoms with Crippen LogP contribution in [-0.2, 0) is 17.6 Å². The lowest BCUT2D eigenvalue weighted by Gasteiger charge is -2.19. The molecule has 0 spiro atoms. The van der Waals surface area contributed by atoms with E-state index in [1.54, 1.807) is 18.2 Å². The number of rotatable bonds is 4. The Kier molecular flexibility index (Phi) is 6.46. The summed E-state index contributed by atoms with van der Waals surface area (Å²) in [5.41, 5.74) is 19.4. The summed E-state index contributed by atoms with van der Waals surface area (Å²) in [7, 11) is 0. The van der Waals surface area contributed by atoms with Crippen molar-refractivity contribution in [2.24, 2.45) is 0 Å². The average molecular weight is 517 g/mol. The molecule has 1 aliphatic carbocycles. The topological polar surface area (TPSA) is 55.1 Å². The highest BCUT2D eigenvalue weighted by molar-refractivity contribution is 5.92. The average Bonchev–Trinajstić information content (AvgIpc) is 3.25. The second kappa shape index (κ2) is 10.2. The lowest BCUT2D eigenvalue weighted by atomic mass is 9.85. The van der Waals surface area contributed by atoms with Gasteiger partial charge in [0.1, 0.15) is 11.6 Å². The van der Waals surface area contributed by atoms with Gasteiger partial charge in [-0.05, 0) is 94.3 Å². The van der Waals surface area contributed by atoms with Gasteiger partial charge in [0, 0.05) is 35.7 Å². The molecule has 0 saturated heterocycles. The number of hydrogen-bond donors (Lipinski definition) is 2. The highest BCUT2D eigenvalue weighted by atomic mass is 19.1. The fourth-order valence-electron chi connectivity index (χ4n) is 5.40. The summed E-state index contributed by atoms with van der Waals surface area (Å²) in [5.74, 6) is -0.891. The van der Waals surface area contributed by atoms with Gasteiger partial charge in [0.05, 0.1) is 0 Å². The van der Waals surface area contributed by atoms with Crippen LogP contribution in [0.3, 0.4) is 0 Å². The number of nitrogens with two attached hydrogens (primary N) is 1. The first-order valence-corrected chi connectivity index (χ1v) is 13.0. The third kappa shape index (κ3) is 5.06. The van der Waals surface area contributed by atoms with Crippen molar-refractivity contribution in [2.45, 2.75) is 31.6 Å². The van der Waals surface area contributed by atoms with E-state index in [4.69, 9.17) is 5.73 Å². The summed E-state index contributed by atoms with van der Waals surface area (Å²) in [6, 6.07) is 22.0. The molecular weight excluding hydrogens is 490 g/mol. The third-order valence-electron chi connectivity index (χ3n) is 7.39. The largest absolute Gasteiger partial charge is 0.399 e. The Morgan fingerprint density at radius 3 is 2.67 bits per heavy atom. The Morgan fingerprint density at radius 2 is 1.79 bits per heavy atom. The van der Waals surface area contributed by atoms with Gasteiger partial charge in [0.2, 0.25) is 5.91 Å². The van der Waals surface area contributed by atoms with E-state index in [-0.39, 0.29) is 23.5 Å². The van der Waals surface area contributed by atoms with E-state index in [1.165, 1.54) is 12.1 Å². The fourth-order valence-corrected chi connectivity index (χ4v) is 5.40. The molecule has 6 rings (SSSR count). The number of fused-ring (bicyclic) bond motifs is 2. The van der Waals surface area contributed by atoms with Crippen molar-refractivity contribution in [1.82, 2.24) is 0 Å². The predicted molar refractivity (Wildman–Crippen MR) is 151 cm³/mol. The first-order chi connectivity index (χ1) is 18.9. The van der Waals surface area contributed by atoms with Crippen molar-refractivity contribution in [3.8, 4) is 11.1 Å². The van der Waals surface area contributed by atoms with E-state index in [0.29, 0.717) is 29.7 Å². The Bertz CT molecular complexity index is 1730. The standard InChI is InChI=1S/C34H26F2N2O/c35-31-20-27(37)13-11-24(31)16-21-5-3-6-22(15-21)26-18-30-28(8-1-2-9-29(30)32(36)19-26)23-12-14-33-25(17-23)7-4-10-34(39)38-33/h3,5-6,8-9,11-15,17-20,28H,4,7,10,16,37H2,(H,38,39). The molecule has 0 bridgehead atoms. The molecular formula is C34H26F2N2O. The Labute approximate surface area is 226 Å². The minimum absolute atomic E-state index is 0.0291. The summed E-state index contributed by atoms with van der Waals surface area (Å²) < 4.78 is 30.0. The number of amides is 1. The summed E-state index contributed by atoms with van der Waals surface area (Å²) in [6.07, 6.45) is 6.03. The minimum Gasteiger partial charge on any atom is -0.399 e. The smallest absolute Gasteiger partial charge is 0.224 e. The number of nitrogen functional groups attached to an aromatic ring is 1. The molecule has 1 amide bonds. The zero-order valence-electron chi connectivity index (χ0n) is 21.2. The van der Waals surface area contributed by atoms with Crippen molar-refractivity contribution in [1.29, 1.82) is 0 Å². The quantitative estimate of drug-likeness (QED) is 0.217. The number of allylic oxidation sites excluding steroid dienone is 1. The van der Waals surface area contributed by atoms with Gasteiger partial charge >= 0.3 is 0 Å². The molecule has 1 unspecified atom stereocenters. The van der Waals surface area contributed by atoms with E-state index in [0.717, 1.165) is 51.9 Å². The molecule has 0 saturated carbocycles. The van der Waals surface area contributed by atoms with Gasteiger partial charge in [-0.2, -0.15) is 0 Å². The number of carbonyl (C=O) groups is 1. The van der Waals surface area contributed by atoms with Crippen LogP contribution in [0.2, 0.25) is 0 Å². The van der Waals surface area contributed by atoms with Gasteiger partial charge in [-0.15, -0.1) is 0 Å². The molecule has 4 aromatic carbocycles. The van der Waals surface area contributed by atoms with Gasteiger partial charge in [-0.1, -0.05) is 53.9 Å². The monoisotopic (exact) mass is 516 g/mol. The highest BCUT2D eigenvalue weighted by Crippen LogP contribution is 2.37. The lowest BCUT2D eigenvalue weighted by molar-refractivity contribution is -0.116. The lowest BCUT2D eigenvalue weighted by Crippen LogP contribution is -2.09. The normalized spacial score (nSPS) is 15.7. The van der Waals surface area contributed by atoms with E-state index < -0.39 is 0 Å². The number of aryl methyl sites for hydroxylation is 1. The van der Waals surface area contributed by atoms with Crippen LogP contribution in [-0.4, -0.2) is 5.91 Å². The van der Waals surface area contributed by atoms with Crippen LogP contribution in [0, 0.1) is 11.6 Å². The fraction of sp³-hybridized carbons (Fsp3) is 0.147. The van der Waals surface area contributed by atoms with Crippen molar-refractivity contribution in [3.05, 3.63) is 135 Å². The summed E-state index contributed by atoms with van der Waals surface area (Å²) in [4.78, 5) is 12.0. The van der Waals surface area contributed by atoms with Gasteiger partial charge in [-0.25, -0.2) is 8.78 Å². The molecule has 0 fully saturated rings. The van der Waals surface area contributed by atoms with E-state index in [2.05, 4.69) is 22.8 Å². The molecule has 1 atom stereocenters. The van der Waals surface area contributed by atoms with Crippen molar-refractivity contribution < 1.29 is 13.6 Å². The van der Waals surface area contributed by atoms with Crippen LogP contribution in [0.1, 0.15) is 52.1 Å². The summed E-state index contributed by atoms with van der Waals surface area (Å²) >= 11 is 0. The van der Waals surface area contributed by atoms with E-state index in [1.807, 2.05) is 48.5 Å². The van der Waals surface area contributed by atoms with Crippen LogP contribution < -0.4 is 11.1 Å². The van der Waals surface area contributed by atoms with Crippen molar-refractivity contribution in [2.75, 3.05) is 11.1 Å². The van der Waals surface area contributed by atoms with Crippen LogP contribution in [0.4, 0.5) is 20.2 Å². The Hall–Kier alpha value is -4.69. The Balaban J connectivity index is 1.39. The molecule has 0 radical (unpaired) electrons. The van der Waals surface area contributed by atoms with E-state index >= 15 is 4.39 Å². The molecule has 2 aliphatic rings. The molecule has 1 heterocycles. The number of carbonyl (C=O) groups excluding carboxylic acids is 1. The maximum Gasteiger partial charge on any atom is 0.224 e. The molecule has 5 heteroatoms. The number of benzene rings is 4.